The van der Waals surface area contributed by atoms with Gasteiger partial charge in [0, 0.05) is 5.56 Å². The molecule has 1 aromatic carbocycles. The molecule has 0 aliphatic rings. The Morgan fingerprint density at radius 2 is 1.95 bits per heavy atom. The van der Waals surface area contributed by atoms with Crippen molar-refractivity contribution < 1.29 is 4.92 Å². The predicted octanol–water partition coefficient (Wildman–Crippen LogP) is 1.23. The van der Waals surface area contributed by atoms with Gasteiger partial charge in [-0.3, -0.25) is 10.1 Å². The van der Waals surface area contributed by atoms with Crippen molar-refractivity contribution in [2.75, 3.05) is 5.73 Å². The molecule has 20 heavy (non-hydrogen) atoms. The molecule has 3 aromatic rings. The minimum absolute atomic E-state index is 0.198. The fraction of sp³-hybridized carbons (Fsp3) is 0.0833. The Hall–Kier alpha value is -3.03. The highest BCUT2D eigenvalue weighted by molar-refractivity contribution is 5.81. The minimum Gasteiger partial charge on any atom is -0.382 e. The van der Waals surface area contributed by atoms with Gasteiger partial charge in [0.05, 0.1) is 4.92 Å². The van der Waals surface area contributed by atoms with Gasteiger partial charge in [0.15, 0.2) is 11.5 Å². The Morgan fingerprint density at radius 3 is 2.65 bits per heavy atom. The van der Waals surface area contributed by atoms with E-state index in [0.717, 1.165) is 0 Å². The lowest BCUT2D eigenvalue weighted by atomic mass is 10.2. The average molecular weight is 270 g/mol. The van der Waals surface area contributed by atoms with E-state index in [9.17, 15) is 10.1 Å². The number of fused-ring (bicyclic) bond motifs is 1. The Morgan fingerprint density at radius 1 is 1.20 bits per heavy atom. The monoisotopic (exact) mass is 270 g/mol. The zero-order valence-corrected chi connectivity index (χ0v) is 10.2. The number of aromatic nitrogens is 4. The van der Waals surface area contributed by atoms with Gasteiger partial charge in [0.25, 0.3) is 0 Å². The molecule has 8 heteroatoms. The molecule has 2 N–H and O–H groups in total. The number of hydrogen-bond acceptors (Lipinski definition) is 6. The lowest BCUT2D eigenvalue weighted by Crippen LogP contribution is -2.19. The summed E-state index contributed by atoms with van der Waals surface area (Å²) in [6.45, 7) is 0. The van der Waals surface area contributed by atoms with Crippen LogP contribution in [-0.2, 0) is 0 Å². The number of nitrogens with two attached hydrogens (primary N) is 1. The van der Waals surface area contributed by atoms with Crippen LogP contribution in [-0.4, -0.2) is 24.4 Å². The van der Waals surface area contributed by atoms with Crippen LogP contribution in [0.1, 0.15) is 11.7 Å². The fourth-order valence-corrected chi connectivity index (χ4v) is 2.06. The van der Waals surface area contributed by atoms with Gasteiger partial charge in [-0.25, -0.2) is 19.5 Å². The van der Waals surface area contributed by atoms with E-state index in [2.05, 4.69) is 15.0 Å². The summed E-state index contributed by atoms with van der Waals surface area (Å²) in [6.07, 6.45) is 1.52. The molecule has 8 nitrogen and oxygen atoms in total. The summed E-state index contributed by atoms with van der Waals surface area (Å²) < 4.78 is 1.38. The van der Waals surface area contributed by atoms with Gasteiger partial charge in [-0.1, -0.05) is 30.3 Å². The second kappa shape index (κ2) is 4.57. The lowest BCUT2D eigenvalue weighted by Gasteiger charge is -2.11. The van der Waals surface area contributed by atoms with Crippen LogP contribution in [0.25, 0.3) is 11.2 Å². The van der Waals surface area contributed by atoms with E-state index in [1.165, 1.54) is 17.2 Å². The van der Waals surface area contributed by atoms with Gasteiger partial charge in [-0.2, -0.15) is 0 Å². The average Bonchev–Trinajstić information content (AvgIpc) is 2.85. The van der Waals surface area contributed by atoms with Gasteiger partial charge in [-0.15, -0.1) is 0 Å². The SMILES string of the molecule is Nc1ncnc2c1ncn2C(c1ccccc1)[N+](=O)[O-]. The molecular formula is C12H10N6O2. The summed E-state index contributed by atoms with van der Waals surface area (Å²) in [7, 11) is 0. The van der Waals surface area contributed by atoms with Crippen LogP contribution in [0.5, 0.6) is 0 Å². The third kappa shape index (κ3) is 1.83. The number of hydrogen-bond donors (Lipinski definition) is 1. The third-order valence-electron chi connectivity index (χ3n) is 2.95. The largest absolute Gasteiger partial charge is 0.382 e. The topological polar surface area (TPSA) is 113 Å². The smallest absolute Gasteiger partial charge is 0.319 e. The molecular weight excluding hydrogens is 260 g/mol. The molecule has 2 aromatic heterocycles. The first-order valence-corrected chi connectivity index (χ1v) is 5.80. The van der Waals surface area contributed by atoms with Gasteiger partial charge < -0.3 is 5.73 Å². The molecule has 2 heterocycles. The van der Waals surface area contributed by atoms with Crippen molar-refractivity contribution >= 4 is 17.0 Å². The molecule has 0 aliphatic heterocycles. The molecule has 0 radical (unpaired) electrons. The van der Waals surface area contributed by atoms with Gasteiger partial charge in [0.1, 0.15) is 18.2 Å². The maximum Gasteiger partial charge on any atom is 0.319 e. The van der Waals surface area contributed by atoms with Crippen molar-refractivity contribution in [3.63, 3.8) is 0 Å². The maximum atomic E-state index is 11.4. The van der Waals surface area contributed by atoms with Crippen LogP contribution in [0.4, 0.5) is 5.82 Å². The van der Waals surface area contributed by atoms with Crippen molar-refractivity contribution in [1.29, 1.82) is 0 Å². The summed E-state index contributed by atoms with van der Waals surface area (Å²) in [4.78, 5) is 22.9. The first kappa shape index (κ1) is 12.0. The van der Waals surface area contributed by atoms with Crippen molar-refractivity contribution in [3.8, 4) is 0 Å². The van der Waals surface area contributed by atoms with Crippen molar-refractivity contribution in [2.45, 2.75) is 6.17 Å². The van der Waals surface area contributed by atoms with E-state index < -0.39 is 11.1 Å². The highest BCUT2D eigenvalue weighted by atomic mass is 16.6. The van der Waals surface area contributed by atoms with E-state index in [0.29, 0.717) is 16.7 Å². The molecule has 1 atom stereocenters. The molecule has 0 aliphatic carbocycles. The summed E-state index contributed by atoms with van der Waals surface area (Å²) >= 11 is 0. The van der Waals surface area contributed by atoms with Crippen LogP contribution in [0, 0.1) is 10.1 Å². The van der Waals surface area contributed by atoms with Gasteiger partial charge in [0.2, 0.25) is 0 Å². The highest BCUT2D eigenvalue weighted by Gasteiger charge is 2.27. The Labute approximate surface area is 113 Å². The molecule has 0 saturated carbocycles. The summed E-state index contributed by atoms with van der Waals surface area (Å²) in [5, 5.41) is 11.4. The quantitative estimate of drug-likeness (QED) is 0.565. The molecule has 100 valence electrons. The van der Waals surface area contributed by atoms with E-state index in [1.807, 2.05) is 0 Å². The van der Waals surface area contributed by atoms with Gasteiger partial charge >= 0.3 is 6.17 Å². The predicted molar refractivity (Wildman–Crippen MR) is 71.3 cm³/mol. The summed E-state index contributed by atoms with van der Waals surface area (Å²) in [5.41, 5.74) is 6.92. The molecule has 0 saturated heterocycles. The molecule has 0 amide bonds. The molecule has 3 rings (SSSR count). The van der Waals surface area contributed by atoms with Gasteiger partial charge in [-0.05, 0) is 0 Å². The fourth-order valence-electron chi connectivity index (χ4n) is 2.06. The number of rotatable bonds is 3. The highest BCUT2D eigenvalue weighted by Crippen LogP contribution is 2.24. The van der Waals surface area contributed by atoms with Crippen molar-refractivity contribution in [1.82, 2.24) is 19.5 Å². The van der Waals surface area contributed by atoms with E-state index >= 15 is 0 Å². The van der Waals surface area contributed by atoms with E-state index in [4.69, 9.17) is 5.73 Å². The van der Waals surface area contributed by atoms with Crippen LogP contribution >= 0.6 is 0 Å². The Bertz CT molecular complexity index is 770. The zero-order chi connectivity index (χ0) is 14.1. The first-order chi connectivity index (χ1) is 9.68. The zero-order valence-electron chi connectivity index (χ0n) is 10.2. The first-order valence-electron chi connectivity index (χ1n) is 5.80. The van der Waals surface area contributed by atoms with Crippen LogP contribution < -0.4 is 5.73 Å². The number of anilines is 1. The maximum absolute atomic E-state index is 11.4. The van der Waals surface area contributed by atoms with E-state index in [-0.39, 0.29) is 5.82 Å². The standard InChI is InChI=1S/C12H10N6O2/c13-10-9-11(15-6-14-10)17(7-16-9)12(18(19)20)8-4-2-1-3-5-8/h1-7,12H,(H2,13,14,15). The molecule has 0 spiro atoms. The number of imidazole rings is 1. The number of nitrogens with zero attached hydrogens (tertiary/aromatic N) is 5. The minimum atomic E-state index is -1.10. The molecule has 0 fully saturated rings. The summed E-state index contributed by atoms with van der Waals surface area (Å²) in [5.74, 6) is 0.198. The summed E-state index contributed by atoms with van der Waals surface area (Å²) in [6, 6.07) is 8.66. The number of benzene rings is 1. The second-order valence-electron chi connectivity index (χ2n) is 4.15. The van der Waals surface area contributed by atoms with Crippen LogP contribution in [0.15, 0.2) is 43.0 Å². The second-order valence-corrected chi connectivity index (χ2v) is 4.15. The Balaban J connectivity index is 2.21. The number of nitrogen functional groups attached to an aromatic ring is 1. The Kier molecular flexibility index (Phi) is 2.75. The van der Waals surface area contributed by atoms with Crippen LogP contribution in [0.2, 0.25) is 0 Å². The molecule has 1 unspecified atom stereocenters. The van der Waals surface area contributed by atoms with Crippen molar-refractivity contribution in [2.24, 2.45) is 0 Å². The molecule has 0 bridgehead atoms. The number of nitro groups is 1. The third-order valence-corrected chi connectivity index (χ3v) is 2.95. The lowest BCUT2D eigenvalue weighted by molar-refractivity contribution is -0.535. The van der Waals surface area contributed by atoms with E-state index in [1.54, 1.807) is 30.3 Å². The van der Waals surface area contributed by atoms with Crippen molar-refractivity contribution in [3.05, 3.63) is 58.7 Å². The normalized spacial score (nSPS) is 12.4. The van der Waals surface area contributed by atoms with Crippen LogP contribution in [0.3, 0.4) is 0 Å².